The molecule has 0 aliphatic rings. The van der Waals surface area contributed by atoms with Gasteiger partial charge in [-0.05, 0) is 30.3 Å². The zero-order chi connectivity index (χ0) is 19.2. The minimum absolute atomic E-state index is 0.0389. The Labute approximate surface area is 160 Å². The molecule has 140 valence electrons. The Hall–Kier alpha value is -3.07. The Bertz CT molecular complexity index is 927. The molecule has 1 heterocycles. The van der Waals surface area contributed by atoms with Crippen LogP contribution in [0.3, 0.4) is 0 Å². The van der Waals surface area contributed by atoms with E-state index in [2.05, 4.69) is 10.2 Å². The Kier molecular flexibility index (Phi) is 5.92. The van der Waals surface area contributed by atoms with E-state index in [1.165, 1.54) is 17.8 Å². The van der Waals surface area contributed by atoms with Crippen LogP contribution in [0.1, 0.15) is 0 Å². The van der Waals surface area contributed by atoms with Gasteiger partial charge in [0.2, 0.25) is 0 Å². The second-order valence-corrected chi connectivity index (χ2v) is 6.58. The smallest absolute Gasteiger partial charge is 0.310 e. The molecule has 3 aromatic rings. The number of nitrogens with zero attached hydrogens (tertiary/aromatic N) is 4. The lowest BCUT2D eigenvalue weighted by atomic mass is 10.2. The van der Waals surface area contributed by atoms with Crippen LogP contribution in [0.25, 0.3) is 11.4 Å². The highest BCUT2D eigenvalue weighted by Gasteiger charge is 2.14. The molecule has 8 nitrogen and oxygen atoms in total. The maximum atomic E-state index is 11.0. The van der Waals surface area contributed by atoms with Crippen molar-refractivity contribution in [1.29, 1.82) is 0 Å². The molecule has 0 spiro atoms. The monoisotopic (exact) mass is 386 g/mol. The third-order valence-electron chi connectivity index (χ3n) is 3.82. The highest BCUT2D eigenvalue weighted by Crippen LogP contribution is 2.27. The van der Waals surface area contributed by atoms with Gasteiger partial charge in [-0.2, -0.15) is 0 Å². The largest absolute Gasteiger partial charge is 0.497 e. The zero-order valence-corrected chi connectivity index (χ0v) is 15.7. The van der Waals surface area contributed by atoms with Crippen molar-refractivity contribution in [2.75, 3.05) is 19.5 Å². The number of nitro groups is 1. The molecule has 9 heteroatoms. The summed E-state index contributed by atoms with van der Waals surface area (Å²) in [5, 5.41) is 20.2. The van der Waals surface area contributed by atoms with E-state index in [9.17, 15) is 10.1 Å². The van der Waals surface area contributed by atoms with Gasteiger partial charge in [-0.3, -0.25) is 10.1 Å². The topological polar surface area (TPSA) is 92.3 Å². The first-order valence-corrected chi connectivity index (χ1v) is 9.11. The Morgan fingerprint density at radius 2 is 1.89 bits per heavy atom. The van der Waals surface area contributed by atoms with Crippen LogP contribution in [-0.4, -0.2) is 39.2 Å². The van der Waals surface area contributed by atoms with Crippen molar-refractivity contribution < 1.29 is 14.4 Å². The molecule has 0 aliphatic carbocycles. The molecule has 0 saturated carbocycles. The van der Waals surface area contributed by atoms with Crippen molar-refractivity contribution in [2.45, 2.75) is 5.16 Å². The van der Waals surface area contributed by atoms with E-state index in [0.29, 0.717) is 12.4 Å². The summed E-state index contributed by atoms with van der Waals surface area (Å²) < 4.78 is 12.6. The molecule has 0 bridgehead atoms. The van der Waals surface area contributed by atoms with Gasteiger partial charge in [0.15, 0.2) is 16.7 Å². The van der Waals surface area contributed by atoms with Gasteiger partial charge in [0, 0.05) is 24.4 Å². The molecule has 0 fully saturated rings. The van der Waals surface area contributed by atoms with Gasteiger partial charge in [0.25, 0.3) is 0 Å². The van der Waals surface area contributed by atoms with Crippen molar-refractivity contribution in [1.82, 2.24) is 14.8 Å². The van der Waals surface area contributed by atoms with Crippen LogP contribution in [0.15, 0.2) is 53.7 Å². The number of benzene rings is 2. The van der Waals surface area contributed by atoms with E-state index in [1.54, 1.807) is 25.3 Å². The van der Waals surface area contributed by atoms with Crippen molar-refractivity contribution in [2.24, 2.45) is 7.05 Å². The number of nitro benzene ring substituents is 1. The number of hydrogen-bond donors (Lipinski definition) is 0. The number of para-hydroxylation sites is 2. The second kappa shape index (κ2) is 8.54. The van der Waals surface area contributed by atoms with E-state index >= 15 is 0 Å². The van der Waals surface area contributed by atoms with Crippen LogP contribution in [0.4, 0.5) is 5.69 Å². The molecule has 1 aromatic heterocycles. The van der Waals surface area contributed by atoms with Crippen molar-refractivity contribution in [3.8, 4) is 22.9 Å². The first-order valence-electron chi connectivity index (χ1n) is 8.13. The predicted octanol–water partition coefficient (Wildman–Crippen LogP) is 3.57. The lowest BCUT2D eigenvalue weighted by Gasteiger charge is -2.07. The van der Waals surface area contributed by atoms with Gasteiger partial charge in [0.1, 0.15) is 5.75 Å². The lowest BCUT2D eigenvalue weighted by Crippen LogP contribution is -2.03. The molecular weight excluding hydrogens is 368 g/mol. The number of methoxy groups -OCH3 is 1. The second-order valence-electron chi connectivity index (χ2n) is 5.52. The van der Waals surface area contributed by atoms with E-state index in [1.807, 2.05) is 35.9 Å². The number of hydrogen-bond acceptors (Lipinski definition) is 7. The standard InChI is InChI=1S/C18H18N4O4S/c1-21-17(13-7-9-14(25-2)10-8-13)19-20-18(21)27-12-11-26-16-6-4-3-5-15(16)22(23)24/h3-10H,11-12H2,1-2H3. The molecule has 0 atom stereocenters. The Balaban J connectivity index is 1.59. The maximum Gasteiger partial charge on any atom is 0.310 e. The molecule has 0 radical (unpaired) electrons. The third-order valence-corrected chi connectivity index (χ3v) is 4.80. The van der Waals surface area contributed by atoms with Gasteiger partial charge < -0.3 is 14.0 Å². The van der Waals surface area contributed by atoms with Crippen LogP contribution in [0.5, 0.6) is 11.5 Å². The minimum Gasteiger partial charge on any atom is -0.497 e. The summed E-state index contributed by atoms with van der Waals surface area (Å²) in [4.78, 5) is 10.5. The quantitative estimate of drug-likeness (QED) is 0.253. The Morgan fingerprint density at radius 1 is 1.15 bits per heavy atom. The summed E-state index contributed by atoms with van der Waals surface area (Å²) in [5.41, 5.74) is 0.900. The summed E-state index contributed by atoms with van der Waals surface area (Å²) in [7, 11) is 3.52. The van der Waals surface area contributed by atoms with Gasteiger partial charge in [0.05, 0.1) is 18.6 Å². The summed E-state index contributed by atoms with van der Waals surface area (Å²) in [5.74, 6) is 2.38. The average molecular weight is 386 g/mol. The van der Waals surface area contributed by atoms with Crippen LogP contribution >= 0.6 is 11.8 Å². The Morgan fingerprint density at radius 3 is 2.59 bits per heavy atom. The van der Waals surface area contributed by atoms with Gasteiger partial charge in [-0.15, -0.1) is 10.2 Å². The van der Waals surface area contributed by atoms with Crippen LogP contribution in [-0.2, 0) is 7.05 Å². The predicted molar refractivity (Wildman–Crippen MR) is 102 cm³/mol. The molecule has 27 heavy (non-hydrogen) atoms. The number of aromatic nitrogens is 3. The average Bonchev–Trinajstić information content (AvgIpc) is 3.06. The van der Waals surface area contributed by atoms with Crippen LogP contribution in [0, 0.1) is 10.1 Å². The summed E-state index contributed by atoms with van der Waals surface area (Å²) in [6.45, 7) is 0.320. The fraction of sp³-hybridized carbons (Fsp3) is 0.222. The fourth-order valence-corrected chi connectivity index (χ4v) is 3.17. The molecule has 0 saturated heterocycles. The van der Waals surface area contributed by atoms with Gasteiger partial charge >= 0.3 is 5.69 Å². The molecule has 0 aliphatic heterocycles. The molecule has 0 amide bonds. The number of ether oxygens (including phenoxy) is 2. The third kappa shape index (κ3) is 4.37. The SMILES string of the molecule is COc1ccc(-c2nnc(SCCOc3ccccc3[N+](=O)[O-])n2C)cc1. The number of rotatable bonds is 8. The molecule has 0 unspecified atom stereocenters. The highest BCUT2D eigenvalue weighted by atomic mass is 32.2. The van der Waals surface area contributed by atoms with E-state index in [-0.39, 0.29) is 11.4 Å². The fourth-order valence-electron chi connectivity index (χ4n) is 2.45. The summed E-state index contributed by atoms with van der Waals surface area (Å²) in [6, 6.07) is 13.9. The normalized spacial score (nSPS) is 10.6. The van der Waals surface area contributed by atoms with E-state index in [4.69, 9.17) is 9.47 Å². The summed E-state index contributed by atoms with van der Waals surface area (Å²) >= 11 is 1.47. The van der Waals surface area contributed by atoms with E-state index < -0.39 is 4.92 Å². The maximum absolute atomic E-state index is 11.0. The van der Waals surface area contributed by atoms with E-state index in [0.717, 1.165) is 22.3 Å². The first kappa shape index (κ1) is 18.7. The highest BCUT2D eigenvalue weighted by molar-refractivity contribution is 7.99. The van der Waals surface area contributed by atoms with Crippen LogP contribution < -0.4 is 9.47 Å². The number of thioether (sulfide) groups is 1. The molecular formula is C18H18N4O4S. The zero-order valence-electron chi connectivity index (χ0n) is 14.9. The van der Waals surface area contributed by atoms with Gasteiger partial charge in [-0.25, -0.2) is 0 Å². The minimum atomic E-state index is -0.452. The van der Waals surface area contributed by atoms with Crippen molar-refractivity contribution in [3.05, 3.63) is 58.6 Å². The first-order chi connectivity index (χ1) is 13.1. The van der Waals surface area contributed by atoms with Crippen LogP contribution in [0.2, 0.25) is 0 Å². The van der Waals surface area contributed by atoms with Crippen molar-refractivity contribution >= 4 is 17.4 Å². The molecule has 2 aromatic carbocycles. The van der Waals surface area contributed by atoms with Crippen molar-refractivity contribution in [3.63, 3.8) is 0 Å². The van der Waals surface area contributed by atoms with Gasteiger partial charge in [-0.1, -0.05) is 23.9 Å². The molecule has 0 N–H and O–H groups in total. The lowest BCUT2D eigenvalue weighted by molar-refractivity contribution is -0.385. The summed E-state index contributed by atoms with van der Waals surface area (Å²) in [6.07, 6.45) is 0. The molecule has 3 rings (SSSR count).